The molecule has 1 fully saturated rings. The second-order valence-corrected chi connectivity index (χ2v) is 7.53. The van der Waals surface area contributed by atoms with E-state index in [1.54, 1.807) is 0 Å². The summed E-state index contributed by atoms with van der Waals surface area (Å²) in [6.45, 7) is 12.4. The zero-order chi connectivity index (χ0) is 19.1. The van der Waals surface area contributed by atoms with Crippen molar-refractivity contribution in [2.45, 2.75) is 20.8 Å². The number of aromatic nitrogens is 2. The number of rotatable bonds is 7. The zero-order valence-electron chi connectivity index (χ0n) is 16.7. The van der Waals surface area contributed by atoms with E-state index in [0.717, 1.165) is 56.7 Å². The van der Waals surface area contributed by atoms with E-state index in [-0.39, 0.29) is 0 Å². The molecule has 0 spiro atoms. The summed E-state index contributed by atoms with van der Waals surface area (Å²) in [6, 6.07) is 12.6. The molecule has 1 aliphatic heterocycles. The molecule has 1 saturated heterocycles. The van der Waals surface area contributed by atoms with Crippen molar-refractivity contribution in [1.29, 1.82) is 0 Å². The second kappa shape index (κ2) is 9.51. The zero-order valence-corrected chi connectivity index (χ0v) is 16.7. The fourth-order valence-corrected chi connectivity index (χ4v) is 3.17. The summed E-state index contributed by atoms with van der Waals surface area (Å²) >= 11 is 0. The Balaban J connectivity index is 1.52. The summed E-state index contributed by atoms with van der Waals surface area (Å²) in [5, 5.41) is 3.42. The average molecular weight is 366 g/mol. The summed E-state index contributed by atoms with van der Waals surface area (Å²) in [6.07, 6.45) is 4.46. The van der Waals surface area contributed by atoms with Crippen LogP contribution in [0.2, 0.25) is 0 Å². The third-order valence-corrected chi connectivity index (χ3v) is 4.69. The van der Waals surface area contributed by atoms with E-state index in [1.165, 1.54) is 5.56 Å². The number of anilines is 2. The lowest BCUT2D eigenvalue weighted by Crippen LogP contribution is -2.46. The Kier molecular flexibility index (Phi) is 6.82. The maximum Gasteiger partial charge on any atom is 0.134 e. The smallest absolute Gasteiger partial charge is 0.134 e. The Hall–Kier alpha value is -2.40. The molecule has 2 aromatic rings. The van der Waals surface area contributed by atoms with Gasteiger partial charge in [0, 0.05) is 45.3 Å². The SMILES string of the molecule is Cc1nc(NCC(C)C)cc(N2CCN(C/C=C/c3ccccc3)CC2)n1. The lowest BCUT2D eigenvalue weighted by molar-refractivity contribution is 0.283. The van der Waals surface area contributed by atoms with E-state index in [2.05, 4.69) is 87.5 Å². The van der Waals surface area contributed by atoms with Crippen molar-refractivity contribution in [2.75, 3.05) is 49.5 Å². The molecule has 5 heteroatoms. The average Bonchev–Trinajstić information content (AvgIpc) is 2.67. The van der Waals surface area contributed by atoms with Crippen LogP contribution >= 0.6 is 0 Å². The van der Waals surface area contributed by atoms with E-state index in [9.17, 15) is 0 Å². The lowest BCUT2D eigenvalue weighted by atomic mass is 10.2. The largest absolute Gasteiger partial charge is 0.370 e. The Bertz CT molecular complexity index is 734. The van der Waals surface area contributed by atoms with Crippen molar-refractivity contribution in [3.8, 4) is 0 Å². The Morgan fingerprint density at radius 2 is 1.81 bits per heavy atom. The third-order valence-electron chi connectivity index (χ3n) is 4.69. The first-order chi connectivity index (χ1) is 13.1. The lowest BCUT2D eigenvalue weighted by Gasteiger charge is -2.35. The van der Waals surface area contributed by atoms with Gasteiger partial charge in [-0.1, -0.05) is 56.3 Å². The van der Waals surface area contributed by atoms with Gasteiger partial charge in [-0.15, -0.1) is 0 Å². The van der Waals surface area contributed by atoms with Crippen LogP contribution in [-0.4, -0.2) is 54.1 Å². The predicted octanol–water partition coefficient (Wildman–Crippen LogP) is 3.69. The van der Waals surface area contributed by atoms with Gasteiger partial charge in [0.05, 0.1) is 0 Å². The summed E-state index contributed by atoms with van der Waals surface area (Å²) < 4.78 is 0. The number of piperazine rings is 1. The number of hydrogen-bond acceptors (Lipinski definition) is 5. The van der Waals surface area contributed by atoms with E-state index in [4.69, 9.17) is 0 Å². The number of nitrogens with one attached hydrogen (secondary N) is 1. The minimum Gasteiger partial charge on any atom is -0.370 e. The van der Waals surface area contributed by atoms with Crippen molar-refractivity contribution in [3.63, 3.8) is 0 Å². The number of benzene rings is 1. The highest BCUT2D eigenvalue weighted by molar-refractivity contribution is 5.50. The fraction of sp³-hybridized carbons (Fsp3) is 0.455. The molecule has 5 nitrogen and oxygen atoms in total. The first-order valence-corrected chi connectivity index (χ1v) is 9.88. The highest BCUT2D eigenvalue weighted by Crippen LogP contribution is 2.18. The normalized spacial score (nSPS) is 15.6. The summed E-state index contributed by atoms with van der Waals surface area (Å²) in [7, 11) is 0. The van der Waals surface area contributed by atoms with Crippen LogP contribution in [0.15, 0.2) is 42.5 Å². The molecule has 1 aliphatic rings. The molecule has 27 heavy (non-hydrogen) atoms. The minimum absolute atomic E-state index is 0.594. The van der Waals surface area contributed by atoms with Crippen molar-refractivity contribution in [2.24, 2.45) is 5.92 Å². The first-order valence-electron chi connectivity index (χ1n) is 9.88. The van der Waals surface area contributed by atoms with E-state index >= 15 is 0 Å². The van der Waals surface area contributed by atoms with E-state index in [0.29, 0.717) is 5.92 Å². The number of hydrogen-bond donors (Lipinski definition) is 1. The maximum absolute atomic E-state index is 4.65. The Labute approximate surface area is 163 Å². The molecular weight excluding hydrogens is 334 g/mol. The predicted molar refractivity (Wildman–Crippen MR) is 114 cm³/mol. The second-order valence-electron chi connectivity index (χ2n) is 7.53. The van der Waals surface area contributed by atoms with Crippen LogP contribution in [0.5, 0.6) is 0 Å². The maximum atomic E-state index is 4.65. The highest BCUT2D eigenvalue weighted by Gasteiger charge is 2.18. The van der Waals surface area contributed by atoms with Gasteiger partial charge in [-0.3, -0.25) is 4.90 Å². The Morgan fingerprint density at radius 1 is 1.07 bits per heavy atom. The molecule has 2 heterocycles. The van der Waals surface area contributed by atoms with Crippen molar-refractivity contribution in [1.82, 2.24) is 14.9 Å². The van der Waals surface area contributed by atoms with Crippen molar-refractivity contribution in [3.05, 3.63) is 53.9 Å². The summed E-state index contributed by atoms with van der Waals surface area (Å²) in [5.41, 5.74) is 1.26. The number of nitrogens with zero attached hydrogens (tertiary/aromatic N) is 4. The topological polar surface area (TPSA) is 44.3 Å². The molecule has 0 amide bonds. The molecule has 0 bridgehead atoms. The van der Waals surface area contributed by atoms with Crippen LogP contribution in [0.3, 0.4) is 0 Å². The molecule has 0 aliphatic carbocycles. The van der Waals surface area contributed by atoms with Crippen LogP contribution < -0.4 is 10.2 Å². The van der Waals surface area contributed by atoms with Gasteiger partial charge in [-0.25, -0.2) is 9.97 Å². The molecular formula is C22H31N5. The fourth-order valence-electron chi connectivity index (χ4n) is 3.17. The molecule has 144 valence electrons. The minimum atomic E-state index is 0.594. The Morgan fingerprint density at radius 3 is 2.52 bits per heavy atom. The van der Waals surface area contributed by atoms with Crippen LogP contribution in [0.1, 0.15) is 25.2 Å². The van der Waals surface area contributed by atoms with Gasteiger partial charge < -0.3 is 10.2 Å². The van der Waals surface area contributed by atoms with Gasteiger partial charge in [0.15, 0.2) is 0 Å². The van der Waals surface area contributed by atoms with Crippen LogP contribution in [0.25, 0.3) is 6.08 Å². The molecule has 0 radical (unpaired) electrons. The van der Waals surface area contributed by atoms with Crippen molar-refractivity contribution >= 4 is 17.7 Å². The quantitative estimate of drug-likeness (QED) is 0.811. The molecule has 0 atom stereocenters. The van der Waals surface area contributed by atoms with Gasteiger partial charge in [-0.05, 0) is 18.4 Å². The van der Waals surface area contributed by atoms with Gasteiger partial charge >= 0.3 is 0 Å². The van der Waals surface area contributed by atoms with Gasteiger partial charge in [0.2, 0.25) is 0 Å². The molecule has 3 rings (SSSR count). The standard InChI is InChI=1S/C22H31N5/c1-18(2)17-23-21-16-22(25-19(3)24-21)27-14-12-26(13-15-27)11-7-10-20-8-5-4-6-9-20/h4-10,16,18H,11-15,17H2,1-3H3,(H,23,24,25)/b10-7+. The third kappa shape index (κ3) is 6.07. The molecule has 1 aromatic heterocycles. The van der Waals surface area contributed by atoms with Gasteiger partial charge in [-0.2, -0.15) is 0 Å². The summed E-state index contributed by atoms with van der Waals surface area (Å²) in [5.74, 6) is 3.39. The monoisotopic (exact) mass is 365 g/mol. The molecule has 1 N–H and O–H groups in total. The molecule has 1 aromatic carbocycles. The molecule has 0 unspecified atom stereocenters. The van der Waals surface area contributed by atoms with Gasteiger partial charge in [0.25, 0.3) is 0 Å². The molecule has 0 saturated carbocycles. The summed E-state index contributed by atoms with van der Waals surface area (Å²) in [4.78, 5) is 14.0. The van der Waals surface area contributed by atoms with Crippen molar-refractivity contribution < 1.29 is 0 Å². The van der Waals surface area contributed by atoms with E-state index in [1.807, 2.05) is 6.92 Å². The first kappa shape index (κ1) is 19.4. The van der Waals surface area contributed by atoms with Crippen LogP contribution in [0, 0.1) is 12.8 Å². The van der Waals surface area contributed by atoms with E-state index < -0.39 is 0 Å². The van der Waals surface area contributed by atoms with Crippen LogP contribution in [-0.2, 0) is 0 Å². The highest BCUT2D eigenvalue weighted by atomic mass is 15.3. The van der Waals surface area contributed by atoms with Crippen LogP contribution in [0.4, 0.5) is 11.6 Å². The van der Waals surface area contributed by atoms with Gasteiger partial charge in [0.1, 0.15) is 17.5 Å². The number of aryl methyl sites for hydroxylation is 1.